The van der Waals surface area contributed by atoms with Gasteiger partial charge < -0.3 is 10.4 Å². The smallest absolute Gasteiger partial charge is 0.128 e. The molecule has 0 aliphatic carbocycles. The monoisotopic (exact) mass is 273 g/mol. The van der Waals surface area contributed by atoms with Gasteiger partial charge >= 0.3 is 0 Å². The summed E-state index contributed by atoms with van der Waals surface area (Å²) in [7, 11) is 0. The second-order valence-corrected chi connectivity index (χ2v) is 5.66. The van der Waals surface area contributed by atoms with E-state index in [1.165, 1.54) is 17.5 Å². The molecule has 4 nitrogen and oxygen atoms in total. The minimum absolute atomic E-state index is 0.277. The fraction of sp³-hybridized carbons (Fsp3) is 0.562. The summed E-state index contributed by atoms with van der Waals surface area (Å²) in [6.45, 7) is 4.26. The van der Waals surface area contributed by atoms with Gasteiger partial charge in [0, 0.05) is 31.2 Å². The number of aliphatic hydroxyl groups is 1. The molecule has 2 N–H and O–H groups in total. The number of aliphatic hydroxyl groups excluding tert-OH is 1. The van der Waals surface area contributed by atoms with E-state index in [-0.39, 0.29) is 6.61 Å². The molecule has 4 heteroatoms. The van der Waals surface area contributed by atoms with Crippen molar-refractivity contribution in [2.24, 2.45) is 4.99 Å². The molecule has 1 aromatic rings. The summed E-state index contributed by atoms with van der Waals surface area (Å²) < 4.78 is 0. The summed E-state index contributed by atoms with van der Waals surface area (Å²) in [6, 6.07) is 9.01. The molecule has 1 saturated heterocycles. The van der Waals surface area contributed by atoms with Gasteiger partial charge in [-0.05, 0) is 31.4 Å². The van der Waals surface area contributed by atoms with Crippen molar-refractivity contribution >= 4 is 5.84 Å². The molecular weight excluding hydrogens is 250 g/mol. The highest BCUT2D eigenvalue weighted by Gasteiger charge is 2.23. The van der Waals surface area contributed by atoms with Crippen LogP contribution in [0.3, 0.4) is 0 Å². The number of amidine groups is 1. The Morgan fingerprint density at radius 2 is 2.10 bits per heavy atom. The lowest BCUT2D eigenvalue weighted by Gasteiger charge is -2.22. The van der Waals surface area contributed by atoms with Crippen molar-refractivity contribution in [3.8, 4) is 0 Å². The van der Waals surface area contributed by atoms with E-state index >= 15 is 0 Å². The van der Waals surface area contributed by atoms with E-state index in [0.29, 0.717) is 6.04 Å². The van der Waals surface area contributed by atoms with Gasteiger partial charge in [0.25, 0.3) is 0 Å². The van der Waals surface area contributed by atoms with Crippen LogP contribution in [0.15, 0.2) is 29.3 Å². The third-order valence-corrected chi connectivity index (χ3v) is 4.22. The van der Waals surface area contributed by atoms with Crippen LogP contribution in [0.25, 0.3) is 0 Å². The van der Waals surface area contributed by atoms with Crippen molar-refractivity contribution in [3.63, 3.8) is 0 Å². The number of benzene rings is 1. The number of nitrogens with one attached hydrogen (secondary N) is 1. The first kappa shape index (κ1) is 13.6. The van der Waals surface area contributed by atoms with Gasteiger partial charge in [-0.3, -0.25) is 9.89 Å². The normalized spacial score (nSPS) is 23.4. The SMILES string of the molecule is OCC1CCCN1Cc1ccc(C2=NCCCN2)cc1. The number of aliphatic imine (C=N–C) groups is 1. The van der Waals surface area contributed by atoms with E-state index in [4.69, 9.17) is 0 Å². The third kappa shape index (κ3) is 3.02. The van der Waals surface area contributed by atoms with Crippen LogP contribution in [0.5, 0.6) is 0 Å². The molecule has 0 saturated carbocycles. The Bertz CT molecular complexity index is 469. The number of rotatable bonds is 4. The maximum absolute atomic E-state index is 9.36. The summed E-state index contributed by atoms with van der Waals surface area (Å²) in [6.07, 6.45) is 3.44. The molecule has 0 radical (unpaired) electrons. The van der Waals surface area contributed by atoms with Crippen molar-refractivity contribution < 1.29 is 5.11 Å². The summed E-state index contributed by atoms with van der Waals surface area (Å²) in [4.78, 5) is 6.90. The van der Waals surface area contributed by atoms with E-state index in [9.17, 15) is 5.11 Å². The fourth-order valence-electron chi connectivity index (χ4n) is 3.04. The van der Waals surface area contributed by atoms with Crippen LogP contribution < -0.4 is 5.32 Å². The quantitative estimate of drug-likeness (QED) is 0.871. The molecule has 0 aromatic heterocycles. The van der Waals surface area contributed by atoms with Crippen molar-refractivity contribution in [1.29, 1.82) is 0 Å². The van der Waals surface area contributed by atoms with Crippen molar-refractivity contribution in [1.82, 2.24) is 10.2 Å². The van der Waals surface area contributed by atoms with Crippen LogP contribution in [0.2, 0.25) is 0 Å². The standard InChI is InChI=1S/C16H23N3O/c20-12-15-3-1-10-19(15)11-13-4-6-14(7-5-13)16-17-8-2-9-18-16/h4-7,15,20H,1-3,8-12H2,(H,17,18). The second-order valence-electron chi connectivity index (χ2n) is 5.66. The van der Waals surface area contributed by atoms with Gasteiger partial charge in [0.1, 0.15) is 5.84 Å². The highest BCUT2D eigenvalue weighted by molar-refractivity contribution is 5.99. The molecule has 2 heterocycles. The fourth-order valence-corrected chi connectivity index (χ4v) is 3.04. The molecule has 0 bridgehead atoms. The lowest BCUT2D eigenvalue weighted by molar-refractivity contribution is 0.153. The zero-order chi connectivity index (χ0) is 13.8. The van der Waals surface area contributed by atoms with Gasteiger partial charge in [-0.2, -0.15) is 0 Å². The zero-order valence-electron chi connectivity index (χ0n) is 11.9. The minimum Gasteiger partial charge on any atom is -0.395 e. The first-order chi connectivity index (χ1) is 9.86. The van der Waals surface area contributed by atoms with Crippen LogP contribution in [-0.2, 0) is 6.54 Å². The first-order valence-corrected chi connectivity index (χ1v) is 7.59. The lowest BCUT2D eigenvalue weighted by Crippen LogP contribution is -2.32. The van der Waals surface area contributed by atoms with Gasteiger partial charge in [-0.15, -0.1) is 0 Å². The summed E-state index contributed by atoms with van der Waals surface area (Å²) in [5.41, 5.74) is 2.49. The highest BCUT2D eigenvalue weighted by Crippen LogP contribution is 2.19. The number of hydrogen-bond donors (Lipinski definition) is 2. The first-order valence-electron chi connectivity index (χ1n) is 7.59. The maximum Gasteiger partial charge on any atom is 0.128 e. The predicted molar refractivity (Wildman–Crippen MR) is 81.0 cm³/mol. The predicted octanol–water partition coefficient (Wildman–Crippen LogP) is 1.38. The Kier molecular flexibility index (Phi) is 4.33. The van der Waals surface area contributed by atoms with Crippen LogP contribution in [-0.4, -0.2) is 48.1 Å². The Morgan fingerprint density at radius 1 is 1.25 bits per heavy atom. The van der Waals surface area contributed by atoms with Gasteiger partial charge in [0.2, 0.25) is 0 Å². The van der Waals surface area contributed by atoms with Crippen LogP contribution >= 0.6 is 0 Å². The molecule has 108 valence electrons. The number of hydrogen-bond acceptors (Lipinski definition) is 4. The number of nitrogens with zero attached hydrogens (tertiary/aromatic N) is 2. The Hall–Kier alpha value is -1.39. The Balaban J connectivity index is 1.65. The van der Waals surface area contributed by atoms with Crippen molar-refractivity contribution in [2.75, 3.05) is 26.2 Å². The largest absolute Gasteiger partial charge is 0.395 e. The lowest BCUT2D eigenvalue weighted by atomic mass is 10.1. The van der Waals surface area contributed by atoms with E-state index in [2.05, 4.69) is 39.5 Å². The molecule has 1 fully saturated rings. The van der Waals surface area contributed by atoms with Gasteiger partial charge in [-0.1, -0.05) is 24.3 Å². The molecule has 1 aromatic carbocycles. The molecule has 2 aliphatic heterocycles. The average Bonchev–Trinajstić information content (AvgIpc) is 2.96. The van der Waals surface area contributed by atoms with E-state index in [1.54, 1.807) is 0 Å². The average molecular weight is 273 g/mol. The van der Waals surface area contributed by atoms with Crippen molar-refractivity contribution in [2.45, 2.75) is 31.8 Å². The molecule has 0 amide bonds. The Morgan fingerprint density at radius 3 is 2.80 bits per heavy atom. The van der Waals surface area contributed by atoms with Crippen LogP contribution in [0, 0.1) is 0 Å². The van der Waals surface area contributed by atoms with Crippen LogP contribution in [0.4, 0.5) is 0 Å². The number of likely N-dealkylation sites (tertiary alicyclic amines) is 1. The summed E-state index contributed by atoms with van der Waals surface area (Å²) in [5, 5.41) is 12.7. The van der Waals surface area contributed by atoms with Gasteiger partial charge in [-0.25, -0.2) is 0 Å². The van der Waals surface area contributed by atoms with Crippen molar-refractivity contribution in [3.05, 3.63) is 35.4 Å². The van der Waals surface area contributed by atoms with E-state index in [1.807, 2.05) is 0 Å². The Labute approximate surface area is 120 Å². The molecule has 1 unspecified atom stereocenters. The molecule has 3 rings (SSSR count). The van der Waals surface area contributed by atoms with Gasteiger partial charge in [0.05, 0.1) is 6.61 Å². The second kappa shape index (κ2) is 6.37. The molecule has 20 heavy (non-hydrogen) atoms. The van der Waals surface area contributed by atoms with Gasteiger partial charge in [0.15, 0.2) is 0 Å². The highest BCUT2D eigenvalue weighted by atomic mass is 16.3. The minimum atomic E-state index is 0.277. The maximum atomic E-state index is 9.36. The summed E-state index contributed by atoms with van der Waals surface area (Å²) in [5.74, 6) is 1.03. The topological polar surface area (TPSA) is 47.9 Å². The molecule has 0 spiro atoms. The zero-order valence-corrected chi connectivity index (χ0v) is 11.9. The third-order valence-electron chi connectivity index (χ3n) is 4.22. The molecule has 1 atom stereocenters. The molecular formula is C16H23N3O. The summed E-state index contributed by atoms with van der Waals surface area (Å²) >= 11 is 0. The van der Waals surface area contributed by atoms with E-state index < -0.39 is 0 Å². The van der Waals surface area contributed by atoms with E-state index in [0.717, 1.165) is 44.9 Å². The molecule has 2 aliphatic rings. The van der Waals surface area contributed by atoms with Crippen LogP contribution in [0.1, 0.15) is 30.4 Å².